The van der Waals surface area contributed by atoms with E-state index in [0.717, 1.165) is 5.69 Å². The number of rotatable bonds is 3. The first-order chi connectivity index (χ1) is 7.74. The van der Waals surface area contributed by atoms with Crippen molar-refractivity contribution in [1.29, 1.82) is 0 Å². The van der Waals surface area contributed by atoms with Crippen LogP contribution in [-0.4, -0.2) is 30.3 Å². The van der Waals surface area contributed by atoms with Gasteiger partial charge in [0.15, 0.2) is 0 Å². The van der Waals surface area contributed by atoms with Gasteiger partial charge in [-0.3, -0.25) is 4.79 Å². The average Bonchev–Trinajstić information content (AvgIpc) is 2.61. The third-order valence-electron chi connectivity index (χ3n) is 2.63. The average molecular weight is 221 g/mol. The van der Waals surface area contributed by atoms with Gasteiger partial charge in [0.2, 0.25) is 0 Å². The fraction of sp³-hybridized carbons (Fsp3) is 0.417. The van der Waals surface area contributed by atoms with Crippen LogP contribution in [0.1, 0.15) is 13.3 Å². The first kappa shape index (κ1) is 11.0. The smallest absolute Gasteiger partial charge is 0.255 e. The number of aliphatic hydroxyl groups excluding tert-OH is 1. The molecule has 0 saturated carbocycles. The summed E-state index contributed by atoms with van der Waals surface area (Å²) in [4.78, 5) is 13.3. The van der Waals surface area contributed by atoms with Crippen molar-refractivity contribution in [2.75, 3.05) is 18.1 Å². The van der Waals surface area contributed by atoms with E-state index in [4.69, 9.17) is 4.74 Å². The zero-order valence-electron chi connectivity index (χ0n) is 9.22. The van der Waals surface area contributed by atoms with Crippen LogP contribution in [0, 0.1) is 0 Å². The number of amides is 1. The van der Waals surface area contributed by atoms with Crippen LogP contribution in [0.25, 0.3) is 0 Å². The predicted molar refractivity (Wildman–Crippen MR) is 60.6 cm³/mol. The molecule has 1 aliphatic heterocycles. The second kappa shape index (κ2) is 4.53. The van der Waals surface area contributed by atoms with Crippen molar-refractivity contribution in [1.82, 2.24) is 0 Å². The van der Waals surface area contributed by atoms with E-state index >= 15 is 0 Å². The summed E-state index contributed by atoms with van der Waals surface area (Å²) in [5, 5.41) is 9.42. The summed E-state index contributed by atoms with van der Waals surface area (Å²) in [6.07, 6.45) is -0.381. The van der Waals surface area contributed by atoms with Gasteiger partial charge in [-0.2, -0.15) is 0 Å². The number of anilines is 1. The van der Waals surface area contributed by atoms with Gasteiger partial charge in [-0.25, -0.2) is 0 Å². The normalized spacial score (nSPS) is 20.2. The van der Waals surface area contributed by atoms with Gasteiger partial charge in [0.05, 0.1) is 12.3 Å². The van der Waals surface area contributed by atoms with Crippen LogP contribution in [0.15, 0.2) is 24.3 Å². The number of hydrogen-bond donors (Lipinski definition) is 1. The minimum atomic E-state index is -0.866. The van der Waals surface area contributed by atoms with E-state index in [1.165, 1.54) is 0 Å². The zero-order valence-corrected chi connectivity index (χ0v) is 9.22. The summed E-state index contributed by atoms with van der Waals surface area (Å²) in [5.41, 5.74) is 0.742. The number of carbonyl (C=O) groups is 1. The van der Waals surface area contributed by atoms with Crippen LogP contribution in [0.3, 0.4) is 0 Å². The van der Waals surface area contributed by atoms with E-state index < -0.39 is 6.10 Å². The summed E-state index contributed by atoms with van der Waals surface area (Å²) in [7, 11) is 0. The van der Waals surface area contributed by atoms with Crippen LogP contribution in [0.2, 0.25) is 0 Å². The van der Waals surface area contributed by atoms with Gasteiger partial charge in [-0.15, -0.1) is 0 Å². The number of hydrogen-bond acceptors (Lipinski definition) is 3. The summed E-state index contributed by atoms with van der Waals surface area (Å²) >= 11 is 0. The van der Waals surface area contributed by atoms with Gasteiger partial charge in [-0.05, 0) is 19.1 Å². The molecule has 1 aliphatic rings. The molecule has 0 aliphatic carbocycles. The van der Waals surface area contributed by atoms with E-state index in [9.17, 15) is 9.90 Å². The van der Waals surface area contributed by atoms with Crippen molar-refractivity contribution in [2.45, 2.75) is 19.4 Å². The molecule has 1 aromatic carbocycles. The van der Waals surface area contributed by atoms with Gasteiger partial charge in [-0.1, -0.05) is 12.1 Å². The quantitative estimate of drug-likeness (QED) is 0.834. The van der Waals surface area contributed by atoms with Crippen LogP contribution in [0.5, 0.6) is 5.75 Å². The molecule has 4 heteroatoms. The molecule has 0 radical (unpaired) electrons. The number of ether oxygens (including phenoxy) is 1. The maximum Gasteiger partial charge on any atom is 0.255 e. The Kier molecular flexibility index (Phi) is 3.10. The first-order valence-electron chi connectivity index (χ1n) is 5.45. The second-order valence-electron chi connectivity index (χ2n) is 3.70. The highest BCUT2D eigenvalue weighted by Gasteiger charge is 2.32. The maximum absolute atomic E-state index is 11.7. The lowest BCUT2D eigenvalue weighted by Crippen LogP contribution is -2.29. The van der Waals surface area contributed by atoms with E-state index in [1.54, 1.807) is 4.90 Å². The first-order valence-corrected chi connectivity index (χ1v) is 5.45. The molecule has 0 spiro atoms. The summed E-state index contributed by atoms with van der Waals surface area (Å²) < 4.78 is 5.46. The SMILES string of the molecule is CCOc1ccccc1N1CCC(O)C1=O. The molecule has 2 rings (SSSR count). The van der Waals surface area contributed by atoms with Gasteiger partial charge in [0, 0.05) is 13.0 Å². The molecule has 1 amide bonds. The molecule has 1 heterocycles. The molecule has 1 N–H and O–H groups in total. The molecule has 86 valence electrons. The zero-order chi connectivity index (χ0) is 11.5. The highest BCUT2D eigenvalue weighted by molar-refractivity contribution is 5.99. The Bertz CT molecular complexity index is 392. The monoisotopic (exact) mass is 221 g/mol. The van der Waals surface area contributed by atoms with E-state index in [1.807, 2.05) is 31.2 Å². The summed E-state index contributed by atoms with van der Waals surface area (Å²) in [6.45, 7) is 3.00. The Labute approximate surface area is 94.4 Å². The topological polar surface area (TPSA) is 49.8 Å². The lowest BCUT2D eigenvalue weighted by atomic mass is 10.2. The van der Waals surface area contributed by atoms with Gasteiger partial charge >= 0.3 is 0 Å². The molecule has 1 aromatic rings. The van der Waals surface area contributed by atoms with Crippen LogP contribution in [-0.2, 0) is 4.79 Å². The third-order valence-corrected chi connectivity index (χ3v) is 2.63. The molecular formula is C12H15NO3. The van der Waals surface area contributed by atoms with E-state index in [0.29, 0.717) is 25.3 Å². The Morgan fingerprint density at radius 2 is 2.25 bits per heavy atom. The van der Waals surface area contributed by atoms with Crippen LogP contribution < -0.4 is 9.64 Å². The Hall–Kier alpha value is -1.55. The Morgan fingerprint density at radius 3 is 2.88 bits per heavy atom. The predicted octanol–water partition coefficient (Wildman–Crippen LogP) is 1.18. The molecule has 1 saturated heterocycles. The number of benzene rings is 1. The summed E-state index contributed by atoms with van der Waals surface area (Å²) in [6, 6.07) is 7.39. The van der Waals surface area contributed by atoms with Crippen molar-refractivity contribution in [2.24, 2.45) is 0 Å². The second-order valence-corrected chi connectivity index (χ2v) is 3.70. The fourth-order valence-corrected chi connectivity index (χ4v) is 1.86. The number of nitrogens with zero attached hydrogens (tertiary/aromatic N) is 1. The number of para-hydroxylation sites is 2. The van der Waals surface area contributed by atoms with E-state index in [2.05, 4.69) is 0 Å². The van der Waals surface area contributed by atoms with Gasteiger partial charge < -0.3 is 14.7 Å². The lowest BCUT2D eigenvalue weighted by Gasteiger charge is -2.19. The minimum Gasteiger partial charge on any atom is -0.492 e. The Morgan fingerprint density at radius 1 is 1.50 bits per heavy atom. The van der Waals surface area contributed by atoms with Crippen LogP contribution in [0.4, 0.5) is 5.69 Å². The molecule has 0 aromatic heterocycles. The maximum atomic E-state index is 11.7. The number of carbonyl (C=O) groups excluding carboxylic acids is 1. The largest absolute Gasteiger partial charge is 0.492 e. The molecule has 1 unspecified atom stereocenters. The van der Waals surface area contributed by atoms with Crippen molar-refractivity contribution in [3.63, 3.8) is 0 Å². The van der Waals surface area contributed by atoms with Crippen molar-refractivity contribution >= 4 is 11.6 Å². The highest BCUT2D eigenvalue weighted by Crippen LogP contribution is 2.31. The lowest BCUT2D eigenvalue weighted by molar-refractivity contribution is -0.124. The molecule has 1 fully saturated rings. The fourth-order valence-electron chi connectivity index (χ4n) is 1.86. The minimum absolute atomic E-state index is 0.243. The molecule has 0 bridgehead atoms. The molecule has 4 nitrogen and oxygen atoms in total. The Balaban J connectivity index is 2.29. The summed E-state index contributed by atoms with van der Waals surface area (Å²) in [5.74, 6) is 0.444. The highest BCUT2D eigenvalue weighted by atomic mass is 16.5. The van der Waals surface area contributed by atoms with E-state index in [-0.39, 0.29) is 5.91 Å². The number of aliphatic hydroxyl groups is 1. The van der Waals surface area contributed by atoms with Crippen molar-refractivity contribution in [3.05, 3.63) is 24.3 Å². The molecule has 16 heavy (non-hydrogen) atoms. The van der Waals surface area contributed by atoms with Crippen molar-refractivity contribution in [3.8, 4) is 5.75 Å². The third kappa shape index (κ3) is 1.88. The van der Waals surface area contributed by atoms with Gasteiger partial charge in [0.1, 0.15) is 11.9 Å². The molecular weight excluding hydrogens is 206 g/mol. The van der Waals surface area contributed by atoms with Gasteiger partial charge in [0.25, 0.3) is 5.91 Å². The standard InChI is InChI=1S/C12H15NO3/c1-2-16-11-6-4-3-5-9(11)13-8-7-10(14)12(13)15/h3-6,10,14H,2,7-8H2,1H3. The molecule has 1 atom stereocenters. The van der Waals surface area contributed by atoms with Crippen LogP contribution >= 0.6 is 0 Å². The van der Waals surface area contributed by atoms with Crippen molar-refractivity contribution < 1.29 is 14.6 Å².